The van der Waals surface area contributed by atoms with Crippen molar-refractivity contribution in [2.75, 3.05) is 5.32 Å². The maximum absolute atomic E-state index is 11.9. The van der Waals surface area contributed by atoms with Gasteiger partial charge in [0.1, 0.15) is 11.4 Å². The Morgan fingerprint density at radius 2 is 2.10 bits per heavy atom. The fourth-order valence-electron chi connectivity index (χ4n) is 1.42. The number of aromatic nitrogens is 2. The second kappa shape index (κ2) is 5.49. The van der Waals surface area contributed by atoms with Gasteiger partial charge in [-0.2, -0.15) is 5.10 Å². The first-order valence-electron chi connectivity index (χ1n) is 5.28. The van der Waals surface area contributed by atoms with E-state index in [9.17, 15) is 19.7 Å². The molecule has 0 aliphatic heterocycles. The number of nitrogens with one attached hydrogen (secondary N) is 2. The van der Waals surface area contributed by atoms with Gasteiger partial charge in [0.15, 0.2) is 0 Å². The van der Waals surface area contributed by atoms with Crippen LogP contribution in [0.4, 0.5) is 11.4 Å². The summed E-state index contributed by atoms with van der Waals surface area (Å²) in [5.74, 6) is -0.702. The summed E-state index contributed by atoms with van der Waals surface area (Å²) in [7, 11) is 0. The fraction of sp³-hybridized carbons (Fsp3) is 0. The zero-order chi connectivity index (χ0) is 14.7. The number of nitro benzene ring substituents is 1. The topological polar surface area (TPSA) is 118 Å². The lowest BCUT2D eigenvalue weighted by Gasteiger charge is -2.05. The predicted octanol–water partition coefficient (Wildman–Crippen LogP) is 1.58. The number of anilines is 1. The Balaban J connectivity index is 2.32. The maximum Gasteiger partial charge on any atom is 0.292 e. The molecule has 1 aromatic carbocycles. The van der Waals surface area contributed by atoms with Crippen molar-refractivity contribution < 1.29 is 9.72 Å². The lowest BCUT2D eigenvalue weighted by atomic mass is 10.2. The van der Waals surface area contributed by atoms with E-state index in [4.69, 9.17) is 11.6 Å². The van der Waals surface area contributed by atoms with Gasteiger partial charge in [0, 0.05) is 17.2 Å². The van der Waals surface area contributed by atoms with Crippen molar-refractivity contribution in [2.45, 2.75) is 0 Å². The minimum atomic E-state index is -0.702. The molecule has 0 unspecified atom stereocenters. The summed E-state index contributed by atoms with van der Waals surface area (Å²) in [6, 6.07) is 6.09. The molecule has 1 amide bonds. The third-order valence-corrected chi connectivity index (χ3v) is 2.55. The van der Waals surface area contributed by atoms with Crippen molar-refractivity contribution in [3.05, 3.63) is 61.5 Å². The first kappa shape index (κ1) is 13.7. The number of nitrogens with zero attached hydrogens (tertiary/aromatic N) is 2. The lowest BCUT2D eigenvalue weighted by molar-refractivity contribution is -0.383. The fourth-order valence-corrected chi connectivity index (χ4v) is 1.60. The Hall–Kier alpha value is -2.74. The van der Waals surface area contributed by atoms with Gasteiger partial charge in [-0.15, -0.1) is 0 Å². The molecule has 8 nitrogen and oxygen atoms in total. The van der Waals surface area contributed by atoms with Crippen LogP contribution in [0.15, 0.2) is 35.1 Å². The number of benzene rings is 1. The highest BCUT2D eigenvalue weighted by atomic mass is 35.5. The van der Waals surface area contributed by atoms with Crippen LogP contribution in [0.25, 0.3) is 0 Å². The highest BCUT2D eigenvalue weighted by Gasteiger charge is 2.17. The van der Waals surface area contributed by atoms with Crippen molar-refractivity contribution in [2.24, 2.45) is 0 Å². The maximum atomic E-state index is 11.9. The zero-order valence-corrected chi connectivity index (χ0v) is 10.5. The van der Waals surface area contributed by atoms with Crippen LogP contribution >= 0.6 is 11.6 Å². The highest BCUT2D eigenvalue weighted by molar-refractivity contribution is 6.31. The van der Waals surface area contributed by atoms with Crippen molar-refractivity contribution in [3.63, 3.8) is 0 Å². The quantitative estimate of drug-likeness (QED) is 0.658. The molecule has 0 fully saturated rings. The number of amides is 1. The number of aromatic amines is 1. The number of carbonyl (C=O) groups excluding carboxylic acids is 1. The molecular weight excluding hydrogens is 288 g/mol. The zero-order valence-electron chi connectivity index (χ0n) is 9.79. The summed E-state index contributed by atoms with van der Waals surface area (Å²) >= 11 is 5.73. The van der Waals surface area contributed by atoms with Gasteiger partial charge in [0.05, 0.1) is 4.92 Å². The van der Waals surface area contributed by atoms with E-state index in [-0.39, 0.29) is 22.1 Å². The van der Waals surface area contributed by atoms with E-state index in [0.717, 1.165) is 6.07 Å². The summed E-state index contributed by atoms with van der Waals surface area (Å²) < 4.78 is 0. The molecule has 9 heteroatoms. The third-order valence-electron chi connectivity index (χ3n) is 2.32. The summed E-state index contributed by atoms with van der Waals surface area (Å²) in [5.41, 5.74) is -0.901. The van der Waals surface area contributed by atoms with Crippen molar-refractivity contribution in [3.8, 4) is 0 Å². The van der Waals surface area contributed by atoms with Crippen LogP contribution in [-0.2, 0) is 0 Å². The Morgan fingerprint density at radius 1 is 1.35 bits per heavy atom. The molecule has 2 rings (SSSR count). The minimum Gasteiger partial charge on any atom is -0.315 e. The van der Waals surface area contributed by atoms with E-state index >= 15 is 0 Å². The minimum absolute atomic E-state index is 0.0551. The number of hydrogen-bond acceptors (Lipinski definition) is 5. The number of hydrogen-bond donors (Lipinski definition) is 2. The molecular formula is C11H7ClN4O4. The van der Waals surface area contributed by atoms with Gasteiger partial charge < -0.3 is 5.32 Å². The van der Waals surface area contributed by atoms with Gasteiger partial charge in [-0.05, 0) is 18.2 Å². The van der Waals surface area contributed by atoms with E-state index in [0.29, 0.717) is 0 Å². The molecule has 0 atom stereocenters. The van der Waals surface area contributed by atoms with E-state index in [1.165, 1.54) is 24.3 Å². The molecule has 0 saturated heterocycles. The Labute approximate surface area is 116 Å². The Kier molecular flexibility index (Phi) is 3.76. The lowest BCUT2D eigenvalue weighted by Crippen LogP contribution is -2.18. The van der Waals surface area contributed by atoms with Gasteiger partial charge in [-0.3, -0.25) is 19.7 Å². The summed E-state index contributed by atoms with van der Waals surface area (Å²) in [6.07, 6.45) is 0. The van der Waals surface area contributed by atoms with E-state index < -0.39 is 16.4 Å². The van der Waals surface area contributed by atoms with E-state index in [2.05, 4.69) is 15.5 Å². The molecule has 0 saturated carbocycles. The molecule has 0 spiro atoms. The smallest absolute Gasteiger partial charge is 0.292 e. The molecule has 1 aromatic heterocycles. The molecule has 0 aliphatic carbocycles. The largest absolute Gasteiger partial charge is 0.315 e. The molecule has 0 aliphatic rings. The molecule has 0 bridgehead atoms. The highest BCUT2D eigenvalue weighted by Crippen LogP contribution is 2.27. The number of rotatable bonds is 3. The summed E-state index contributed by atoms with van der Waals surface area (Å²) in [5, 5.41) is 19.0. The number of carbonyl (C=O) groups is 1. The monoisotopic (exact) mass is 294 g/mol. The predicted molar refractivity (Wildman–Crippen MR) is 70.9 cm³/mol. The van der Waals surface area contributed by atoms with E-state index in [1.54, 1.807) is 0 Å². The summed E-state index contributed by atoms with van der Waals surface area (Å²) in [6.45, 7) is 0. The van der Waals surface area contributed by atoms with Crippen molar-refractivity contribution >= 4 is 28.9 Å². The molecule has 2 N–H and O–H groups in total. The molecule has 102 valence electrons. The van der Waals surface area contributed by atoms with Crippen LogP contribution in [0.5, 0.6) is 0 Å². The van der Waals surface area contributed by atoms with Gasteiger partial charge in [-0.1, -0.05) is 11.6 Å². The molecule has 20 heavy (non-hydrogen) atoms. The molecule has 1 heterocycles. The normalized spacial score (nSPS) is 10.1. The first-order valence-corrected chi connectivity index (χ1v) is 5.66. The van der Waals surface area contributed by atoms with Crippen LogP contribution in [0.3, 0.4) is 0 Å². The SMILES string of the molecule is O=C(Nc1cc(Cl)ccc1[N+](=O)[O-])c1ccc(=O)[nH]n1. The number of nitro groups is 1. The first-order chi connectivity index (χ1) is 9.47. The van der Waals surface area contributed by atoms with Gasteiger partial charge >= 0.3 is 0 Å². The third kappa shape index (κ3) is 2.98. The van der Waals surface area contributed by atoms with Crippen molar-refractivity contribution in [1.29, 1.82) is 0 Å². The Morgan fingerprint density at radius 3 is 2.70 bits per heavy atom. The van der Waals surface area contributed by atoms with Crippen LogP contribution < -0.4 is 10.9 Å². The van der Waals surface area contributed by atoms with Crippen molar-refractivity contribution in [1.82, 2.24) is 10.2 Å². The molecule has 2 aromatic rings. The van der Waals surface area contributed by atoms with Gasteiger partial charge in [0.2, 0.25) is 0 Å². The molecule has 0 radical (unpaired) electrons. The van der Waals surface area contributed by atoms with Crippen LogP contribution in [0.2, 0.25) is 5.02 Å². The van der Waals surface area contributed by atoms with Crippen LogP contribution in [0.1, 0.15) is 10.5 Å². The van der Waals surface area contributed by atoms with Crippen LogP contribution in [-0.4, -0.2) is 21.0 Å². The number of H-pyrrole nitrogens is 1. The number of halogens is 1. The van der Waals surface area contributed by atoms with Crippen LogP contribution in [0, 0.1) is 10.1 Å². The van der Waals surface area contributed by atoms with Gasteiger partial charge in [-0.25, -0.2) is 5.10 Å². The Bertz CT molecular complexity index is 723. The second-order valence-corrected chi connectivity index (χ2v) is 4.12. The summed E-state index contributed by atoms with van der Waals surface area (Å²) in [4.78, 5) is 32.9. The van der Waals surface area contributed by atoms with E-state index in [1.807, 2.05) is 0 Å². The average Bonchev–Trinajstić information content (AvgIpc) is 2.39. The second-order valence-electron chi connectivity index (χ2n) is 3.68. The van der Waals surface area contributed by atoms with Gasteiger partial charge in [0.25, 0.3) is 17.2 Å². The standard InChI is InChI=1S/C11H7ClN4O4/c12-6-1-3-9(16(19)20)8(5-6)13-11(18)7-2-4-10(17)15-14-7/h1-5H,(H,13,18)(H,15,17). The average molecular weight is 295 g/mol.